The fourth-order valence-electron chi connectivity index (χ4n) is 1.17. The van der Waals surface area contributed by atoms with Gasteiger partial charge in [0.2, 0.25) is 0 Å². The van der Waals surface area contributed by atoms with Crippen LogP contribution in [0.3, 0.4) is 0 Å². The minimum absolute atomic E-state index is 0.354. The Hall–Kier alpha value is -1.23. The summed E-state index contributed by atoms with van der Waals surface area (Å²) in [5.74, 6) is -0.361. The Labute approximate surface area is 109 Å². The molecule has 0 N–H and O–H groups in total. The predicted octanol–water partition coefficient (Wildman–Crippen LogP) is 3.79. The molecule has 0 heterocycles. The smallest absolute Gasteiger partial charge is 0.332 e. The molecule has 0 saturated carbocycles. The van der Waals surface area contributed by atoms with Crippen LogP contribution in [0.4, 0.5) is 5.69 Å². The maximum atomic E-state index is 11.3. The molecule has 0 saturated heterocycles. The topological polar surface area (TPSA) is 51.0 Å². The Bertz CT molecular complexity index is 433. The first kappa shape index (κ1) is 13.8. The van der Waals surface area contributed by atoms with Gasteiger partial charge < -0.3 is 4.74 Å². The van der Waals surface area contributed by atoms with Gasteiger partial charge in [0, 0.05) is 4.47 Å². The average molecular weight is 299 g/mol. The quantitative estimate of drug-likeness (QED) is 0.627. The summed E-state index contributed by atoms with van der Waals surface area (Å²) in [7, 11) is 0. The molecule has 1 atom stereocenters. The summed E-state index contributed by atoms with van der Waals surface area (Å²) < 4.78 is 5.73. The van der Waals surface area contributed by atoms with Gasteiger partial charge >= 0.3 is 5.97 Å². The van der Waals surface area contributed by atoms with E-state index in [1.165, 1.54) is 0 Å². The first-order valence-corrected chi connectivity index (χ1v) is 6.18. The highest BCUT2D eigenvalue weighted by atomic mass is 79.9. The van der Waals surface area contributed by atoms with Crippen molar-refractivity contribution in [3.63, 3.8) is 0 Å². The van der Waals surface area contributed by atoms with Crippen molar-refractivity contribution in [3.05, 3.63) is 28.2 Å². The SMILES string of the molecule is CCOC(=O)C(C)N=Nc1cccc(C)c1Br. The number of aryl methyl sites for hydroxylation is 1. The van der Waals surface area contributed by atoms with E-state index in [2.05, 4.69) is 26.2 Å². The highest BCUT2D eigenvalue weighted by Gasteiger charge is 2.12. The van der Waals surface area contributed by atoms with E-state index in [9.17, 15) is 4.79 Å². The second-order valence-electron chi connectivity index (χ2n) is 3.55. The fourth-order valence-corrected chi connectivity index (χ4v) is 1.51. The third-order valence-electron chi connectivity index (χ3n) is 2.14. The molecule has 0 aliphatic carbocycles. The second kappa shape index (κ2) is 6.49. The van der Waals surface area contributed by atoms with Crippen LogP contribution in [-0.4, -0.2) is 18.6 Å². The number of carbonyl (C=O) groups is 1. The Morgan fingerprint density at radius 3 is 2.88 bits per heavy atom. The number of halogens is 1. The summed E-state index contributed by atoms with van der Waals surface area (Å²) in [5, 5.41) is 7.98. The molecule has 92 valence electrons. The molecular formula is C12H15BrN2O2. The summed E-state index contributed by atoms with van der Waals surface area (Å²) in [6, 6.07) is 5.11. The molecule has 0 aliphatic rings. The van der Waals surface area contributed by atoms with E-state index in [0.717, 1.165) is 10.0 Å². The van der Waals surface area contributed by atoms with Crippen LogP contribution in [0, 0.1) is 6.92 Å². The molecule has 0 bridgehead atoms. The number of nitrogens with zero attached hydrogens (tertiary/aromatic N) is 2. The average Bonchev–Trinajstić information content (AvgIpc) is 2.31. The summed E-state index contributed by atoms with van der Waals surface area (Å²) in [5.41, 5.74) is 1.78. The lowest BCUT2D eigenvalue weighted by Gasteiger charge is -2.05. The molecule has 4 nitrogen and oxygen atoms in total. The Morgan fingerprint density at radius 2 is 2.24 bits per heavy atom. The summed E-state index contributed by atoms with van der Waals surface area (Å²) in [6.45, 7) is 5.74. The Balaban J connectivity index is 2.77. The van der Waals surface area contributed by atoms with Gasteiger partial charge in [0.05, 0.1) is 12.3 Å². The number of azo groups is 1. The maximum Gasteiger partial charge on any atom is 0.332 e. The van der Waals surface area contributed by atoms with Crippen molar-refractivity contribution in [2.75, 3.05) is 6.61 Å². The van der Waals surface area contributed by atoms with E-state index in [1.807, 2.05) is 25.1 Å². The van der Waals surface area contributed by atoms with E-state index >= 15 is 0 Å². The number of esters is 1. The number of benzene rings is 1. The zero-order chi connectivity index (χ0) is 12.8. The molecule has 0 radical (unpaired) electrons. The van der Waals surface area contributed by atoms with Crippen LogP contribution in [0.15, 0.2) is 32.9 Å². The standard InChI is InChI=1S/C12H15BrN2O2/c1-4-17-12(16)9(3)14-15-10-7-5-6-8(2)11(10)13/h5-7,9H,4H2,1-3H3. The van der Waals surface area contributed by atoms with Gasteiger partial charge in [-0.15, -0.1) is 0 Å². The third kappa shape index (κ3) is 3.93. The van der Waals surface area contributed by atoms with Gasteiger partial charge in [-0.25, -0.2) is 4.79 Å². The van der Waals surface area contributed by atoms with Gasteiger partial charge in [-0.3, -0.25) is 0 Å². The zero-order valence-corrected chi connectivity index (χ0v) is 11.7. The van der Waals surface area contributed by atoms with Crippen molar-refractivity contribution in [2.45, 2.75) is 26.8 Å². The van der Waals surface area contributed by atoms with Crippen molar-refractivity contribution >= 4 is 27.6 Å². The monoisotopic (exact) mass is 298 g/mol. The third-order valence-corrected chi connectivity index (χ3v) is 3.17. The van der Waals surface area contributed by atoms with Gasteiger partial charge in [0.1, 0.15) is 0 Å². The maximum absolute atomic E-state index is 11.3. The lowest BCUT2D eigenvalue weighted by Crippen LogP contribution is -2.17. The molecule has 1 rings (SSSR count). The van der Waals surface area contributed by atoms with E-state index < -0.39 is 6.04 Å². The minimum Gasteiger partial charge on any atom is -0.464 e. The molecular weight excluding hydrogens is 284 g/mol. The lowest BCUT2D eigenvalue weighted by atomic mass is 10.2. The van der Waals surface area contributed by atoms with Crippen LogP contribution in [0.5, 0.6) is 0 Å². The van der Waals surface area contributed by atoms with Crippen molar-refractivity contribution in [2.24, 2.45) is 10.2 Å². The number of carbonyl (C=O) groups excluding carboxylic acids is 1. The first-order chi connectivity index (χ1) is 8.06. The summed E-state index contributed by atoms with van der Waals surface area (Å²) in [4.78, 5) is 11.3. The first-order valence-electron chi connectivity index (χ1n) is 5.38. The van der Waals surface area contributed by atoms with E-state index in [4.69, 9.17) is 4.74 Å². The summed E-state index contributed by atoms with van der Waals surface area (Å²) >= 11 is 3.43. The molecule has 1 aromatic rings. The molecule has 0 amide bonds. The minimum atomic E-state index is -0.581. The number of rotatable bonds is 4. The van der Waals surface area contributed by atoms with Crippen molar-refractivity contribution in [1.29, 1.82) is 0 Å². The molecule has 17 heavy (non-hydrogen) atoms. The number of ether oxygens (including phenoxy) is 1. The van der Waals surface area contributed by atoms with Crippen molar-refractivity contribution in [1.82, 2.24) is 0 Å². The molecule has 1 aromatic carbocycles. The number of hydrogen-bond acceptors (Lipinski definition) is 4. The van der Waals surface area contributed by atoms with Crippen molar-refractivity contribution < 1.29 is 9.53 Å². The Morgan fingerprint density at radius 1 is 1.53 bits per heavy atom. The van der Waals surface area contributed by atoms with Crippen LogP contribution in [0.25, 0.3) is 0 Å². The highest BCUT2D eigenvalue weighted by molar-refractivity contribution is 9.10. The van der Waals surface area contributed by atoms with E-state index in [-0.39, 0.29) is 5.97 Å². The molecule has 5 heteroatoms. The second-order valence-corrected chi connectivity index (χ2v) is 4.34. The van der Waals surface area contributed by atoms with E-state index in [1.54, 1.807) is 13.8 Å². The molecule has 0 fully saturated rings. The fraction of sp³-hybridized carbons (Fsp3) is 0.417. The Kier molecular flexibility index (Phi) is 5.28. The number of hydrogen-bond donors (Lipinski definition) is 0. The van der Waals surface area contributed by atoms with Gasteiger partial charge in [0.25, 0.3) is 0 Å². The lowest BCUT2D eigenvalue weighted by molar-refractivity contribution is -0.144. The van der Waals surface area contributed by atoms with Gasteiger partial charge in [0.15, 0.2) is 6.04 Å². The molecule has 0 aromatic heterocycles. The normalized spacial score (nSPS) is 12.7. The molecule has 1 unspecified atom stereocenters. The largest absolute Gasteiger partial charge is 0.464 e. The van der Waals surface area contributed by atoms with E-state index in [0.29, 0.717) is 12.3 Å². The summed E-state index contributed by atoms with van der Waals surface area (Å²) in [6.07, 6.45) is 0. The van der Waals surface area contributed by atoms with Gasteiger partial charge in [-0.05, 0) is 48.3 Å². The van der Waals surface area contributed by atoms with Crippen LogP contribution in [0.2, 0.25) is 0 Å². The van der Waals surface area contributed by atoms with Crippen LogP contribution in [-0.2, 0) is 9.53 Å². The highest BCUT2D eigenvalue weighted by Crippen LogP contribution is 2.28. The molecule has 0 aliphatic heterocycles. The van der Waals surface area contributed by atoms with Crippen molar-refractivity contribution in [3.8, 4) is 0 Å². The van der Waals surface area contributed by atoms with Gasteiger partial charge in [-0.2, -0.15) is 10.2 Å². The van der Waals surface area contributed by atoms with Crippen LogP contribution in [0.1, 0.15) is 19.4 Å². The van der Waals surface area contributed by atoms with Crippen LogP contribution < -0.4 is 0 Å². The zero-order valence-electron chi connectivity index (χ0n) is 10.1. The molecule has 0 spiro atoms. The predicted molar refractivity (Wildman–Crippen MR) is 69.5 cm³/mol. The van der Waals surface area contributed by atoms with Gasteiger partial charge in [-0.1, -0.05) is 12.1 Å². The van der Waals surface area contributed by atoms with Crippen LogP contribution >= 0.6 is 15.9 Å².